The van der Waals surface area contributed by atoms with E-state index in [1.807, 2.05) is 13.8 Å². The predicted octanol–water partition coefficient (Wildman–Crippen LogP) is 0.470. The monoisotopic (exact) mass is 247 g/mol. The van der Waals surface area contributed by atoms with E-state index in [1.54, 1.807) is 17.2 Å². The highest BCUT2D eigenvalue weighted by molar-refractivity contribution is 5.92. The molecule has 0 bridgehead atoms. The molecule has 1 N–H and O–H groups in total. The second kappa shape index (κ2) is 4.78. The number of hydrogen-bond donors (Lipinski definition) is 1. The molecule has 18 heavy (non-hydrogen) atoms. The van der Waals surface area contributed by atoms with Crippen molar-refractivity contribution in [2.45, 2.75) is 19.4 Å². The summed E-state index contributed by atoms with van der Waals surface area (Å²) in [6.45, 7) is 6.53. The molecule has 0 aromatic carbocycles. The molecule has 0 saturated carbocycles. The van der Waals surface area contributed by atoms with E-state index in [2.05, 4.69) is 21.2 Å². The van der Waals surface area contributed by atoms with E-state index in [0.717, 1.165) is 13.1 Å². The molecule has 6 nitrogen and oxygen atoms in total. The van der Waals surface area contributed by atoms with Crippen molar-refractivity contribution in [1.82, 2.24) is 20.0 Å². The van der Waals surface area contributed by atoms with Crippen LogP contribution in [-0.2, 0) is 0 Å². The number of nitrogens with one attached hydrogen (secondary N) is 1. The van der Waals surface area contributed by atoms with Gasteiger partial charge >= 0.3 is 0 Å². The minimum atomic E-state index is -0.469. The molecule has 6 heteroatoms. The van der Waals surface area contributed by atoms with Crippen molar-refractivity contribution < 1.29 is 4.79 Å². The summed E-state index contributed by atoms with van der Waals surface area (Å²) in [5, 5.41) is 15.5. The number of nitrogens with zero attached hydrogens (tertiary/aromatic N) is 4. The summed E-state index contributed by atoms with van der Waals surface area (Å²) in [6.07, 6.45) is 1.57. The Kier molecular flexibility index (Phi) is 3.34. The molecule has 1 aliphatic rings. The Morgan fingerprint density at radius 3 is 2.61 bits per heavy atom. The standard InChI is InChI=1S/C12H17N5O/c1-12(2,9-13)17-7-5-16(6-8-17)11(18)10-3-4-14-15-10/h3-4H,5-8H2,1-2H3,(H,14,15). The highest BCUT2D eigenvalue weighted by Crippen LogP contribution is 2.16. The highest BCUT2D eigenvalue weighted by atomic mass is 16.2. The molecule has 1 aromatic heterocycles. The van der Waals surface area contributed by atoms with Gasteiger partial charge in [0.2, 0.25) is 0 Å². The first-order chi connectivity index (χ1) is 8.54. The Morgan fingerprint density at radius 1 is 1.44 bits per heavy atom. The van der Waals surface area contributed by atoms with Crippen LogP contribution in [0.25, 0.3) is 0 Å². The van der Waals surface area contributed by atoms with Gasteiger partial charge in [-0.05, 0) is 19.9 Å². The average molecular weight is 247 g/mol. The number of piperazine rings is 1. The molecule has 2 heterocycles. The second-order valence-electron chi connectivity index (χ2n) is 4.92. The number of hydrogen-bond acceptors (Lipinski definition) is 4. The summed E-state index contributed by atoms with van der Waals surface area (Å²) in [4.78, 5) is 15.9. The van der Waals surface area contributed by atoms with Gasteiger partial charge in [-0.1, -0.05) is 0 Å². The van der Waals surface area contributed by atoms with Gasteiger partial charge in [-0.15, -0.1) is 0 Å². The van der Waals surface area contributed by atoms with Crippen LogP contribution in [0.4, 0.5) is 0 Å². The van der Waals surface area contributed by atoms with E-state index in [4.69, 9.17) is 5.26 Å². The molecule has 0 atom stereocenters. The van der Waals surface area contributed by atoms with Gasteiger partial charge in [-0.25, -0.2) is 0 Å². The van der Waals surface area contributed by atoms with Crippen LogP contribution >= 0.6 is 0 Å². The minimum absolute atomic E-state index is 0.0260. The molecule has 1 aromatic rings. The van der Waals surface area contributed by atoms with Gasteiger partial charge < -0.3 is 4.90 Å². The van der Waals surface area contributed by atoms with Gasteiger partial charge in [0.1, 0.15) is 11.2 Å². The molecule has 0 radical (unpaired) electrons. The summed E-state index contributed by atoms with van der Waals surface area (Å²) in [5.41, 5.74) is 0.0475. The number of aromatic amines is 1. The number of amides is 1. The van der Waals surface area contributed by atoms with Crippen molar-refractivity contribution in [2.75, 3.05) is 26.2 Å². The van der Waals surface area contributed by atoms with E-state index in [1.165, 1.54) is 0 Å². The third-order valence-corrected chi connectivity index (χ3v) is 3.36. The Bertz CT molecular complexity index is 451. The fraction of sp³-hybridized carbons (Fsp3) is 0.583. The fourth-order valence-electron chi connectivity index (χ4n) is 2.08. The number of carbonyl (C=O) groups is 1. The van der Waals surface area contributed by atoms with Crippen LogP contribution in [0, 0.1) is 11.3 Å². The molecule has 96 valence electrons. The maximum absolute atomic E-state index is 12.1. The summed E-state index contributed by atoms with van der Waals surface area (Å²) in [7, 11) is 0. The number of nitriles is 1. The maximum atomic E-state index is 12.1. The van der Waals surface area contributed by atoms with Crippen molar-refractivity contribution >= 4 is 5.91 Å². The first kappa shape index (κ1) is 12.6. The lowest BCUT2D eigenvalue weighted by molar-refractivity contribution is 0.0516. The van der Waals surface area contributed by atoms with Crippen LogP contribution in [-0.4, -0.2) is 57.6 Å². The van der Waals surface area contributed by atoms with Crippen LogP contribution in [0.1, 0.15) is 24.3 Å². The number of rotatable bonds is 2. The Hall–Kier alpha value is -1.87. The van der Waals surface area contributed by atoms with Crippen molar-refractivity contribution in [1.29, 1.82) is 5.26 Å². The number of aromatic nitrogens is 2. The molecule has 1 aliphatic heterocycles. The highest BCUT2D eigenvalue weighted by Gasteiger charge is 2.31. The van der Waals surface area contributed by atoms with Gasteiger partial charge in [-0.3, -0.25) is 14.8 Å². The van der Waals surface area contributed by atoms with E-state index in [0.29, 0.717) is 18.8 Å². The maximum Gasteiger partial charge on any atom is 0.271 e. The first-order valence-corrected chi connectivity index (χ1v) is 5.99. The van der Waals surface area contributed by atoms with Crippen LogP contribution in [0.3, 0.4) is 0 Å². The zero-order valence-electron chi connectivity index (χ0n) is 10.7. The van der Waals surface area contributed by atoms with E-state index in [-0.39, 0.29) is 5.91 Å². The van der Waals surface area contributed by atoms with Crippen LogP contribution in [0.5, 0.6) is 0 Å². The van der Waals surface area contributed by atoms with Gasteiger partial charge in [0.25, 0.3) is 5.91 Å². The first-order valence-electron chi connectivity index (χ1n) is 5.99. The molecule has 0 unspecified atom stereocenters. The fourth-order valence-corrected chi connectivity index (χ4v) is 2.08. The third-order valence-electron chi connectivity index (χ3n) is 3.36. The largest absolute Gasteiger partial charge is 0.335 e. The van der Waals surface area contributed by atoms with Gasteiger partial charge in [0.15, 0.2) is 0 Å². The summed E-state index contributed by atoms with van der Waals surface area (Å²) in [6, 6.07) is 3.96. The smallest absolute Gasteiger partial charge is 0.271 e. The quantitative estimate of drug-likeness (QED) is 0.824. The molecule has 0 spiro atoms. The van der Waals surface area contributed by atoms with E-state index in [9.17, 15) is 4.79 Å². The van der Waals surface area contributed by atoms with Crippen LogP contribution in [0.15, 0.2) is 12.3 Å². The predicted molar refractivity (Wildman–Crippen MR) is 65.8 cm³/mol. The topological polar surface area (TPSA) is 76.0 Å². The minimum Gasteiger partial charge on any atom is -0.335 e. The third kappa shape index (κ3) is 2.36. The molecular formula is C12H17N5O. The van der Waals surface area contributed by atoms with Crippen molar-refractivity contribution in [3.8, 4) is 6.07 Å². The average Bonchev–Trinajstić information content (AvgIpc) is 2.92. The van der Waals surface area contributed by atoms with E-state index >= 15 is 0 Å². The second-order valence-corrected chi connectivity index (χ2v) is 4.92. The lowest BCUT2D eigenvalue weighted by Gasteiger charge is -2.40. The molecule has 1 saturated heterocycles. The lowest BCUT2D eigenvalue weighted by atomic mass is 10.0. The number of H-pyrrole nitrogens is 1. The lowest BCUT2D eigenvalue weighted by Crippen LogP contribution is -2.55. The van der Waals surface area contributed by atoms with Crippen molar-refractivity contribution in [3.63, 3.8) is 0 Å². The molecule has 0 aliphatic carbocycles. The Morgan fingerprint density at radius 2 is 2.11 bits per heavy atom. The zero-order valence-corrected chi connectivity index (χ0v) is 10.7. The zero-order chi connectivity index (χ0) is 13.2. The van der Waals surface area contributed by atoms with Crippen LogP contribution in [0.2, 0.25) is 0 Å². The molecule has 1 fully saturated rings. The van der Waals surface area contributed by atoms with Gasteiger partial charge in [0, 0.05) is 32.4 Å². The van der Waals surface area contributed by atoms with Crippen LogP contribution < -0.4 is 0 Å². The molecular weight excluding hydrogens is 230 g/mol. The Labute approximate surface area is 106 Å². The number of carbonyl (C=O) groups excluding carboxylic acids is 1. The normalized spacial score (nSPS) is 17.5. The van der Waals surface area contributed by atoms with Gasteiger partial charge in [-0.2, -0.15) is 10.4 Å². The molecule has 1 amide bonds. The summed E-state index contributed by atoms with van der Waals surface area (Å²) in [5.74, 6) is -0.0260. The SMILES string of the molecule is CC(C)(C#N)N1CCN(C(=O)c2ccn[nH]2)CC1. The molecule has 2 rings (SSSR count). The van der Waals surface area contributed by atoms with Gasteiger partial charge in [0.05, 0.1) is 6.07 Å². The summed E-state index contributed by atoms with van der Waals surface area (Å²) >= 11 is 0. The van der Waals surface area contributed by atoms with E-state index < -0.39 is 5.54 Å². The summed E-state index contributed by atoms with van der Waals surface area (Å²) < 4.78 is 0. The van der Waals surface area contributed by atoms with Crippen molar-refractivity contribution in [2.24, 2.45) is 0 Å². The van der Waals surface area contributed by atoms with Crippen molar-refractivity contribution in [3.05, 3.63) is 18.0 Å². The Balaban J connectivity index is 1.96.